The lowest BCUT2D eigenvalue weighted by Crippen LogP contribution is -2.17. The third kappa shape index (κ3) is 8.83. The van der Waals surface area contributed by atoms with Crippen LogP contribution < -0.4 is 5.32 Å². The molecule has 0 bridgehead atoms. The molecule has 0 amide bonds. The van der Waals surface area contributed by atoms with Gasteiger partial charge in [0, 0.05) is 76.4 Å². The third-order valence-electron chi connectivity index (χ3n) is 25.9. The molecular formula is C104H76N8. The van der Waals surface area contributed by atoms with Crippen molar-refractivity contribution in [2.24, 2.45) is 0 Å². The first-order valence-electron chi connectivity index (χ1n) is 39.2. The minimum absolute atomic E-state index is 0.289. The first kappa shape index (κ1) is 64.4. The van der Waals surface area contributed by atoms with Crippen LogP contribution in [0.25, 0.3) is 173 Å². The van der Waals surface area contributed by atoms with Crippen LogP contribution in [-0.4, -0.2) is 33.6 Å². The zero-order valence-corrected chi connectivity index (χ0v) is 63.6. The fourth-order valence-electron chi connectivity index (χ4n) is 20.4. The Kier molecular flexibility index (Phi) is 13.2. The highest BCUT2D eigenvalue weighted by molar-refractivity contribution is 6.17. The van der Waals surface area contributed by atoms with Gasteiger partial charge < -0.3 is 9.88 Å². The lowest BCUT2D eigenvalue weighted by molar-refractivity contribution is 0.660. The van der Waals surface area contributed by atoms with Crippen molar-refractivity contribution in [3.63, 3.8) is 0 Å². The molecule has 5 aromatic heterocycles. The fraction of sp³-hybridized carbons (Fsp3) is 0.115. The Balaban J connectivity index is 0.983. The summed E-state index contributed by atoms with van der Waals surface area (Å²) in [5.74, 6) is 2.86. The molecule has 19 aromatic rings. The summed E-state index contributed by atoms with van der Waals surface area (Å²) in [5, 5.41) is 11.3. The summed E-state index contributed by atoms with van der Waals surface area (Å²) in [6.07, 6.45) is 0. The van der Waals surface area contributed by atoms with Gasteiger partial charge in [0.15, 0.2) is 29.1 Å². The number of nitrogens with zero attached hydrogens (tertiary/aromatic N) is 7. The molecular weight excluding hydrogens is 1360 g/mol. The number of rotatable bonds is 9. The molecule has 0 saturated carbocycles. The van der Waals surface area contributed by atoms with Gasteiger partial charge in [-0.3, -0.25) is 9.13 Å². The van der Waals surface area contributed by atoms with Crippen LogP contribution >= 0.6 is 0 Å². The highest BCUT2D eigenvalue weighted by Gasteiger charge is 2.43. The Hall–Kier alpha value is -13.6. The van der Waals surface area contributed by atoms with Gasteiger partial charge in [-0.2, -0.15) is 0 Å². The van der Waals surface area contributed by atoms with E-state index in [0.717, 1.165) is 105 Å². The van der Waals surface area contributed by atoms with Crippen molar-refractivity contribution in [1.29, 1.82) is 0 Å². The number of pyridine rings is 1. The molecule has 0 spiro atoms. The number of nitrogens with one attached hydrogen (secondary N) is 1. The van der Waals surface area contributed by atoms with Crippen molar-refractivity contribution in [1.82, 2.24) is 33.6 Å². The Morgan fingerprint density at radius 2 is 0.554 bits per heavy atom. The van der Waals surface area contributed by atoms with Crippen LogP contribution in [0.4, 0.5) is 11.4 Å². The molecule has 4 aliphatic carbocycles. The SMILES string of the molecule is CC1(C)c2ccccc2-c2cc(Nc3c(-n4c5ccccc5c5cc6c(cc54)-c4ccccc4C6(C)C)nc(-n4c5ccccc5c5cc6c(cc54)-c4ccccc4C6(C)C)c(-n4c5ccccc5c5cc6c(cc54)-c4ccccc4C6(C)C)c3-c3nc(-c4ccccc4)nc(-c4ccccc4)n3)c(-c3ccccc3)cc21. The van der Waals surface area contributed by atoms with Gasteiger partial charge in [-0.25, -0.2) is 19.9 Å². The zero-order valence-electron chi connectivity index (χ0n) is 63.6. The van der Waals surface area contributed by atoms with Crippen molar-refractivity contribution in [3.8, 4) is 107 Å². The Bertz CT molecular complexity index is 7270. The van der Waals surface area contributed by atoms with Gasteiger partial charge in [-0.1, -0.05) is 298 Å². The van der Waals surface area contributed by atoms with Crippen molar-refractivity contribution >= 4 is 76.8 Å². The van der Waals surface area contributed by atoms with Gasteiger partial charge in [0.1, 0.15) is 5.69 Å². The van der Waals surface area contributed by atoms with E-state index in [1.807, 2.05) is 0 Å². The summed E-state index contributed by atoms with van der Waals surface area (Å²) in [4.78, 5) is 24.6. The Labute approximate surface area is 649 Å². The number of hydrogen-bond acceptors (Lipinski definition) is 5. The molecule has 0 aliphatic heterocycles. The van der Waals surface area contributed by atoms with Crippen LogP contribution in [0.15, 0.2) is 309 Å². The lowest BCUT2D eigenvalue weighted by Gasteiger charge is -2.27. The highest BCUT2D eigenvalue weighted by atomic mass is 15.2. The maximum absolute atomic E-state index is 6.84. The molecule has 0 atom stereocenters. The van der Waals surface area contributed by atoms with Gasteiger partial charge >= 0.3 is 0 Å². The minimum atomic E-state index is -0.323. The first-order valence-corrected chi connectivity index (χ1v) is 39.2. The van der Waals surface area contributed by atoms with Crippen LogP contribution in [0, 0.1) is 0 Å². The molecule has 112 heavy (non-hydrogen) atoms. The van der Waals surface area contributed by atoms with Gasteiger partial charge in [0.25, 0.3) is 0 Å². The maximum Gasteiger partial charge on any atom is 0.168 e. The molecule has 1 N–H and O–H groups in total. The van der Waals surface area contributed by atoms with E-state index in [2.05, 4.69) is 384 Å². The van der Waals surface area contributed by atoms with E-state index in [1.54, 1.807) is 0 Å². The topological polar surface area (TPSA) is 78.4 Å². The van der Waals surface area contributed by atoms with E-state index in [1.165, 1.54) is 89.0 Å². The summed E-state index contributed by atoms with van der Waals surface area (Å²) in [6.45, 7) is 19.1. The number of hydrogen-bond donors (Lipinski definition) is 1. The van der Waals surface area contributed by atoms with Gasteiger partial charge in [0.05, 0.1) is 44.4 Å². The van der Waals surface area contributed by atoms with E-state index in [0.29, 0.717) is 34.8 Å². The molecule has 0 fully saturated rings. The summed E-state index contributed by atoms with van der Waals surface area (Å²) in [6, 6.07) is 115. The van der Waals surface area contributed by atoms with Crippen LogP contribution in [0.3, 0.4) is 0 Å². The molecule has 5 heterocycles. The van der Waals surface area contributed by atoms with Crippen molar-refractivity contribution in [2.75, 3.05) is 5.32 Å². The quantitative estimate of drug-likeness (QED) is 0.156. The molecule has 14 aromatic carbocycles. The first-order chi connectivity index (χ1) is 54.6. The molecule has 0 unspecified atom stereocenters. The molecule has 0 radical (unpaired) electrons. The molecule has 4 aliphatic rings. The second-order valence-corrected chi connectivity index (χ2v) is 33.3. The predicted octanol–water partition coefficient (Wildman–Crippen LogP) is 26.2. The van der Waals surface area contributed by atoms with Crippen LogP contribution in [0.2, 0.25) is 0 Å². The molecule has 8 nitrogen and oxygen atoms in total. The minimum Gasteiger partial charge on any atom is -0.351 e. The average Bonchev–Trinajstić information content (AvgIpc) is 1.51. The van der Waals surface area contributed by atoms with Crippen LogP contribution in [0.1, 0.15) is 99.9 Å². The smallest absolute Gasteiger partial charge is 0.168 e. The lowest BCUT2D eigenvalue weighted by atomic mass is 9.81. The largest absolute Gasteiger partial charge is 0.351 e. The Morgan fingerprint density at radius 1 is 0.232 bits per heavy atom. The van der Waals surface area contributed by atoms with E-state index >= 15 is 0 Å². The van der Waals surface area contributed by atoms with Crippen LogP contribution in [-0.2, 0) is 21.7 Å². The standard InChI is InChI=1S/C104H76N8/c1-101(2)78-45-25-18-38-63(78)71-56-86(70(52-82(71)101)60-32-12-9-13-33-60)105-94-93(98-107-96(61-34-14-10-15-35-61)106-97(108-98)62-36-16-11-17-37-62)95(110-87-49-29-22-42-67(87)75-53-83-72(57-90(75)110)64-39-19-26-46-79(64)102(83,3)4)100(112-89-51-31-24-44-69(89)77-55-85-74(59-92(77)112)66-41-21-28-48-81(66)104(85,7)8)109-99(94)111-88-50-30-23-43-68(88)76-54-84-73(58-91(76)111)65-40-20-27-47-80(65)103(84,5)6/h9-59,105H,1-8H3. The third-order valence-corrected chi connectivity index (χ3v) is 25.9. The second kappa shape index (κ2) is 23.0. The van der Waals surface area contributed by atoms with Gasteiger partial charge in [0.2, 0.25) is 0 Å². The summed E-state index contributed by atoms with van der Waals surface area (Å²) in [7, 11) is 0. The number of anilines is 2. The van der Waals surface area contributed by atoms with Crippen molar-refractivity contribution in [2.45, 2.75) is 77.0 Å². The van der Waals surface area contributed by atoms with Gasteiger partial charge in [-0.05, 0) is 161 Å². The average molecular weight is 1440 g/mol. The maximum atomic E-state index is 6.84. The summed E-state index contributed by atoms with van der Waals surface area (Å²) < 4.78 is 7.53. The molecule has 532 valence electrons. The van der Waals surface area contributed by atoms with Crippen LogP contribution in [0.5, 0.6) is 0 Å². The van der Waals surface area contributed by atoms with Gasteiger partial charge in [-0.15, -0.1) is 0 Å². The Morgan fingerprint density at radius 3 is 0.973 bits per heavy atom. The normalized spacial score (nSPS) is 14.7. The number of para-hydroxylation sites is 3. The summed E-state index contributed by atoms with van der Waals surface area (Å²) >= 11 is 0. The fourth-order valence-corrected chi connectivity index (χ4v) is 20.4. The molecule has 8 heteroatoms. The van der Waals surface area contributed by atoms with E-state index in [4.69, 9.17) is 19.9 Å². The molecule has 0 saturated heterocycles. The predicted molar refractivity (Wildman–Crippen MR) is 462 cm³/mol. The van der Waals surface area contributed by atoms with Crippen molar-refractivity contribution in [3.05, 3.63) is 354 Å². The monoisotopic (exact) mass is 1440 g/mol. The van der Waals surface area contributed by atoms with E-state index in [9.17, 15) is 0 Å². The summed E-state index contributed by atoms with van der Waals surface area (Å²) in [5.41, 5.74) is 31.8. The molecule has 23 rings (SSSR count). The number of aromatic nitrogens is 7. The van der Waals surface area contributed by atoms with E-state index < -0.39 is 0 Å². The number of benzene rings is 14. The highest BCUT2D eigenvalue weighted by Crippen LogP contribution is 2.59. The zero-order chi connectivity index (χ0) is 75.0. The second-order valence-electron chi connectivity index (χ2n) is 33.3. The van der Waals surface area contributed by atoms with E-state index in [-0.39, 0.29) is 21.7 Å². The number of fused-ring (bicyclic) bond motifs is 21. The van der Waals surface area contributed by atoms with Crippen molar-refractivity contribution < 1.29 is 0 Å².